The van der Waals surface area contributed by atoms with Crippen LogP contribution in [0.25, 0.3) is 0 Å². The number of hydrogen-bond acceptors (Lipinski definition) is 33. The number of nitrogens with zero attached hydrogens (tertiary/aromatic N) is 4. The quantitative estimate of drug-likeness (QED) is 0.0116. The highest BCUT2D eigenvalue weighted by molar-refractivity contribution is 6.07. The molecule has 5 aromatic rings. The maximum Gasteiger partial charge on any atom is 0.416 e. The number of anilines is 2. The number of ketones is 2. The Morgan fingerprint density at radius 2 is 1.02 bits per heavy atom. The summed E-state index contributed by atoms with van der Waals surface area (Å²) in [5, 5.41) is 97.5. The first-order chi connectivity index (χ1) is 57.7. The number of aliphatic hydroxyl groups is 8. The zero-order valence-corrected chi connectivity index (χ0v) is 66.5. The largest absolute Gasteiger partial charge is 0.493 e. The zero-order chi connectivity index (χ0) is 86.0. The number of aryl methyl sites for hydroxylation is 1. The van der Waals surface area contributed by atoms with Gasteiger partial charge >= 0.3 is 18.2 Å². The van der Waals surface area contributed by atoms with E-state index < -0.39 is 135 Å². The number of fused-ring (bicyclic) bond motifs is 4. The number of benzene rings is 5. The second-order valence-corrected chi connectivity index (χ2v) is 29.2. The third-order valence-corrected chi connectivity index (χ3v) is 20.5. The summed E-state index contributed by atoms with van der Waals surface area (Å²) in [7, 11) is 2.82. The summed E-state index contributed by atoms with van der Waals surface area (Å²) >= 11 is 0. The van der Waals surface area contributed by atoms with E-state index in [0.29, 0.717) is 53.2 Å². The van der Waals surface area contributed by atoms with Gasteiger partial charge < -0.3 is 137 Å². The number of amides is 4. The lowest BCUT2D eigenvalue weighted by Gasteiger charge is -2.38. The first-order valence-electron chi connectivity index (χ1n) is 38.9. The van der Waals surface area contributed by atoms with Gasteiger partial charge in [-0.15, -0.1) is 0 Å². The highest BCUT2D eigenvalue weighted by Crippen LogP contribution is 2.45. The predicted molar refractivity (Wildman–Crippen MR) is 417 cm³/mol. The van der Waals surface area contributed by atoms with Crippen molar-refractivity contribution in [3.63, 3.8) is 0 Å². The van der Waals surface area contributed by atoms with Gasteiger partial charge in [-0.05, 0) is 115 Å². The molecule has 6 heterocycles. The maximum atomic E-state index is 14.9. The number of carbonyl (C=O) groups is 7. The van der Waals surface area contributed by atoms with Gasteiger partial charge in [0.05, 0.1) is 112 Å². The summed E-state index contributed by atoms with van der Waals surface area (Å²) in [5.74, 6) is 1.44. The summed E-state index contributed by atoms with van der Waals surface area (Å²) in [6, 6.07) is 17.0. The number of carboxylic acids is 1. The van der Waals surface area contributed by atoms with Crippen LogP contribution in [0, 0.1) is 6.92 Å². The maximum absolute atomic E-state index is 14.9. The third-order valence-electron chi connectivity index (χ3n) is 20.5. The Labute approximate surface area is 689 Å². The highest BCUT2D eigenvalue weighted by Gasteiger charge is 2.51. The van der Waals surface area contributed by atoms with Crippen molar-refractivity contribution < 1.29 is 155 Å². The Morgan fingerprint density at radius 3 is 1.56 bits per heavy atom. The monoisotopic (exact) mass is 1680 g/mol. The van der Waals surface area contributed by atoms with Gasteiger partial charge in [0.25, 0.3) is 11.8 Å². The lowest BCUT2D eigenvalue weighted by molar-refractivity contribution is -0.271. The van der Waals surface area contributed by atoms with Crippen LogP contribution in [0.5, 0.6) is 34.5 Å². The van der Waals surface area contributed by atoms with Crippen LogP contribution >= 0.6 is 0 Å². The van der Waals surface area contributed by atoms with Crippen molar-refractivity contribution >= 4 is 52.9 Å². The second kappa shape index (κ2) is 42.4. The molecular weight excluding hydrogens is 1580 g/mol. The number of rotatable bonds is 41. The molecule has 0 bridgehead atoms. The number of ether oxygens (including phenoxy) is 15. The molecule has 4 fully saturated rings. The van der Waals surface area contributed by atoms with Gasteiger partial charge in [0.15, 0.2) is 41.6 Å². The molecule has 6 aliphatic rings. The van der Waals surface area contributed by atoms with Gasteiger partial charge in [-0.1, -0.05) is 36.4 Å². The van der Waals surface area contributed by atoms with Gasteiger partial charge in [-0.2, -0.15) is 0 Å². The summed E-state index contributed by atoms with van der Waals surface area (Å²) in [6.07, 6.45) is -21.5. The topological polar surface area (TPSA) is 514 Å². The van der Waals surface area contributed by atoms with E-state index in [1.54, 1.807) is 25.1 Å². The Hall–Kier alpha value is -10.0. The lowest BCUT2D eigenvalue weighted by atomic mass is 9.98. The fraction of sp³-hybridized carbons (Fsp3) is 0.500. The molecule has 0 aliphatic carbocycles. The number of nitrogens with two attached hydrogens (primary N) is 2. The number of Topliss-reactive ketones (excluding diaryl/α,β-unsaturated/α-hetero) is 2. The zero-order valence-electron chi connectivity index (χ0n) is 66.5. The van der Waals surface area contributed by atoms with Crippen LogP contribution in [0.4, 0.5) is 21.0 Å². The molecule has 38 nitrogen and oxygen atoms in total. The minimum atomic E-state index is -2.05. The van der Waals surface area contributed by atoms with Gasteiger partial charge in [0.1, 0.15) is 92.7 Å². The molecule has 5 unspecified atom stereocenters. The molecule has 0 spiro atoms. The molecule has 38 heteroatoms. The molecule has 4 saturated heterocycles. The molecular formula is C82H102N6O32. The van der Waals surface area contributed by atoms with Gasteiger partial charge in [-0.3, -0.25) is 19.2 Å². The summed E-state index contributed by atoms with van der Waals surface area (Å²) < 4.78 is 87.1. The summed E-state index contributed by atoms with van der Waals surface area (Å²) in [6.45, 7) is 10.5. The summed E-state index contributed by atoms with van der Waals surface area (Å²) in [4.78, 5) is 108. The van der Waals surface area contributed by atoms with Crippen LogP contribution in [-0.4, -0.2) is 290 Å². The Bertz CT molecular complexity index is 4470. The molecule has 0 radical (unpaired) electrons. The molecule has 6 aliphatic heterocycles. The van der Waals surface area contributed by atoms with Crippen molar-refractivity contribution in [1.82, 2.24) is 9.80 Å². The van der Waals surface area contributed by atoms with Crippen molar-refractivity contribution in [2.24, 2.45) is 11.6 Å². The number of aliphatic carboxylic acids is 1. The van der Waals surface area contributed by atoms with Crippen LogP contribution < -0.4 is 49.9 Å². The van der Waals surface area contributed by atoms with Crippen LogP contribution in [0.1, 0.15) is 108 Å². The molecule has 5 aromatic carbocycles. The van der Waals surface area contributed by atoms with E-state index in [4.69, 9.17) is 82.7 Å². The fourth-order valence-corrected chi connectivity index (χ4v) is 14.4. The molecule has 0 saturated carbocycles. The van der Waals surface area contributed by atoms with E-state index in [0.717, 1.165) is 9.80 Å². The average molecular weight is 1680 g/mol. The van der Waals surface area contributed by atoms with E-state index in [2.05, 4.69) is 18.0 Å². The van der Waals surface area contributed by atoms with Crippen LogP contribution in [0.3, 0.4) is 0 Å². The second-order valence-electron chi connectivity index (χ2n) is 29.2. The van der Waals surface area contributed by atoms with Crippen molar-refractivity contribution in [3.8, 4) is 34.5 Å². The predicted octanol–water partition coefficient (Wildman–Crippen LogP) is 2.61. The first-order valence-corrected chi connectivity index (χ1v) is 38.9. The molecule has 13 atom stereocenters. The smallest absolute Gasteiger partial charge is 0.416 e. The van der Waals surface area contributed by atoms with Gasteiger partial charge in [0, 0.05) is 64.9 Å². The van der Waals surface area contributed by atoms with Crippen LogP contribution in [-0.2, 0) is 78.7 Å². The van der Waals surface area contributed by atoms with Crippen molar-refractivity contribution in [3.05, 3.63) is 153 Å². The average Bonchev–Trinajstić information content (AvgIpc) is 1.60. The van der Waals surface area contributed by atoms with Crippen LogP contribution in [0.2, 0.25) is 0 Å². The molecule has 0 aromatic heterocycles. The number of aliphatic hydroxyl groups excluding tert-OH is 8. The summed E-state index contributed by atoms with van der Waals surface area (Å²) in [5.41, 5.74) is 8.10. The standard InChI is InChI=1S/C82H102N6O32/c1-44-26-58-76(99)87(81(103)115-40-48-11-13-64(119-80-72(96)69(93)70(94)73(120-80)78(101)102)55(33-48)61(90)9-7-16-107-18-20-110-23-25-117-84)56-35-65(46(3)28-52(56)74(97)85(58)37-44)112-41-49-29-50(31-51(30-49)111-24-22-109-21-19-108-17-14-83)42-113-67-36-57-53(34-66(67)106-5)75(98)86-38-45(2)27-59(86)77(100)88(57)82(104)116-39-47-10-12-63(54(32-47)60(89)8-6-15-105-4)118-79-71(95)68(92)62(91)43-114-79/h10-13,28-36,58-59,62,68-73,76-77,79-80,91-96,99-100H,1-2,6-9,14-27,37-43,83-84H2,3-5H3,(H,101,102)/t58-,59?,62+,68-,69-,70-,71+,72+,73?,76?,77?,79-,80?/m0/s1. The van der Waals surface area contributed by atoms with E-state index in [1.165, 1.54) is 84.7 Å². The fourth-order valence-electron chi connectivity index (χ4n) is 14.4. The Balaban J connectivity index is 0.853. The van der Waals surface area contributed by atoms with E-state index in [-0.39, 0.29) is 205 Å². The van der Waals surface area contributed by atoms with Crippen molar-refractivity contribution in [2.45, 2.75) is 152 Å². The molecule has 120 heavy (non-hydrogen) atoms. The van der Waals surface area contributed by atoms with E-state index in [9.17, 15) is 79.5 Å². The minimum absolute atomic E-state index is 0.000785. The first kappa shape index (κ1) is 90.7. The van der Waals surface area contributed by atoms with Gasteiger partial charge in [0.2, 0.25) is 12.6 Å². The molecule has 11 rings (SSSR count). The number of methoxy groups -OCH3 is 2. The Kier molecular flexibility index (Phi) is 32.1. The third kappa shape index (κ3) is 22.0. The minimum Gasteiger partial charge on any atom is -0.493 e. The normalized spacial score (nSPS) is 23.3. The SMILES string of the molecule is C=C1CC2C(O)N(C(=O)OCc3ccc(O[C@@H]4OC[C@@H](O)[C@H](O)[C@H]4O)c(C(=O)CCCOC)c3)c3cc(OCc4cc(COc5cc6c(cc5C)C(=O)N5CC(=C)C[C@H]5C(O)N6C(=O)OCc5ccc(OC6OC(C(=O)O)[C@@H](O)[C@H](O)[C@H]6O)c(C(=O)CCCOCCOCCON)c5)cc(OCCOCCOCCN)c4)c(OC)cc3C(=O)N2C1. The van der Waals surface area contributed by atoms with E-state index in [1.807, 2.05) is 0 Å². The number of carbonyl (C=O) groups excluding carboxylic acids is 6. The molecule has 4 amide bonds. The number of carboxylic acid groups (broad SMARTS) is 1. The number of hydrogen-bond donors (Lipinski definition) is 11. The molecule has 13 N–H and O–H groups in total. The molecule has 652 valence electrons. The van der Waals surface area contributed by atoms with Crippen molar-refractivity contribution in [1.29, 1.82) is 0 Å². The van der Waals surface area contributed by atoms with E-state index >= 15 is 0 Å². The van der Waals surface area contributed by atoms with Crippen molar-refractivity contribution in [2.75, 3.05) is 123 Å². The Morgan fingerprint density at radius 1 is 0.517 bits per heavy atom. The van der Waals surface area contributed by atoms with Crippen LogP contribution in [0.15, 0.2) is 103 Å². The lowest BCUT2D eigenvalue weighted by Crippen LogP contribution is -2.61. The van der Waals surface area contributed by atoms with Gasteiger partial charge in [-0.25, -0.2) is 30.1 Å². The highest BCUT2D eigenvalue weighted by atomic mass is 16.7.